The van der Waals surface area contributed by atoms with Crippen LogP contribution in [0, 0.1) is 5.92 Å². The number of ether oxygens (including phenoxy) is 2. The summed E-state index contributed by atoms with van der Waals surface area (Å²) in [7, 11) is 1.00. The molecule has 1 aliphatic heterocycles. The number of hydrogen-bond acceptors (Lipinski definition) is 7. The van der Waals surface area contributed by atoms with Gasteiger partial charge >= 0.3 is 5.97 Å². The molecule has 3 rings (SSSR count). The lowest BCUT2D eigenvalue weighted by Gasteiger charge is -2.14. The van der Waals surface area contributed by atoms with Gasteiger partial charge in [-0.25, -0.2) is 9.50 Å². The van der Waals surface area contributed by atoms with Gasteiger partial charge in [-0.2, -0.15) is 5.10 Å². The van der Waals surface area contributed by atoms with E-state index in [0.29, 0.717) is 12.4 Å². The Bertz CT molecular complexity index is 686. The van der Waals surface area contributed by atoms with Crippen molar-refractivity contribution >= 4 is 17.3 Å². The number of aliphatic hydroxyl groups is 1. The van der Waals surface area contributed by atoms with Gasteiger partial charge in [-0.1, -0.05) is 13.8 Å². The fraction of sp³-hybridized carbons (Fsp3) is 0.562. The van der Waals surface area contributed by atoms with E-state index in [1.165, 1.54) is 6.33 Å². The minimum absolute atomic E-state index is 0.0699. The summed E-state index contributed by atoms with van der Waals surface area (Å²) in [6.07, 6.45) is 3.00. The highest BCUT2D eigenvalue weighted by atomic mass is 16.6. The zero-order valence-corrected chi connectivity index (χ0v) is 14.2. The van der Waals surface area contributed by atoms with Gasteiger partial charge in [0.1, 0.15) is 24.6 Å². The molecule has 132 valence electrons. The topological polar surface area (TPSA) is 112 Å². The predicted molar refractivity (Wildman–Crippen MR) is 88.2 cm³/mol. The number of nitrogens with two attached hydrogens (primary N) is 1. The number of carbonyl (C=O) groups is 1. The van der Waals surface area contributed by atoms with Crippen LogP contribution < -0.4 is 5.73 Å². The van der Waals surface area contributed by atoms with Crippen LogP contribution in [0.4, 0.5) is 5.82 Å². The van der Waals surface area contributed by atoms with E-state index in [1.54, 1.807) is 4.52 Å². The maximum absolute atomic E-state index is 11.5. The van der Waals surface area contributed by atoms with Crippen molar-refractivity contribution in [3.63, 3.8) is 0 Å². The Balaban J connectivity index is 0.00000100. The average Bonchev–Trinajstić information content (AvgIpc) is 3.21. The third kappa shape index (κ3) is 3.82. The SMILES string of the molecule is CC(C)C(=O)OCC1CCC(c2ccc3c(N)ncnn23)O1.CO. The van der Waals surface area contributed by atoms with Crippen molar-refractivity contribution in [1.29, 1.82) is 0 Å². The molecule has 2 unspecified atom stereocenters. The van der Waals surface area contributed by atoms with Crippen molar-refractivity contribution in [2.75, 3.05) is 19.5 Å². The summed E-state index contributed by atoms with van der Waals surface area (Å²) in [5, 5.41) is 11.2. The number of carbonyl (C=O) groups excluding carboxylic acids is 1. The molecule has 0 aromatic carbocycles. The number of aliphatic hydroxyl groups excluding tert-OH is 1. The molecule has 8 heteroatoms. The molecule has 3 N–H and O–H groups in total. The standard InChI is InChI=1S/C15H20N4O3.CH4O/c1-9(2)15(20)21-7-10-3-6-13(22-10)11-4-5-12-14(16)17-8-18-19(11)12;1-2/h4-5,8-10,13H,3,6-7H2,1-2H3,(H2,16,17,18);2H,1H3. The van der Waals surface area contributed by atoms with Crippen LogP contribution >= 0.6 is 0 Å². The summed E-state index contributed by atoms with van der Waals surface area (Å²) in [5.41, 5.74) is 7.55. The molecule has 0 radical (unpaired) electrons. The molecule has 24 heavy (non-hydrogen) atoms. The van der Waals surface area contributed by atoms with Crippen molar-refractivity contribution in [1.82, 2.24) is 14.6 Å². The summed E-state index contributed by atoms with van der Waals surface area (Å²) < 4.78 is 13.0. The van der Waals surface area contributed by atoms with E-state index in [9.17, 15) is 4.79 Å². The van der Waals surface area contributed by atoms with Crippen molar-refractivity contribution in [3.05, 3.63) is 24.2 Å². The molecule has 1 fully saturated rings. The van der Waals surface area contributed by atoms with Crippen molar-refractivity contribution in [2.24, 2.45) is 5.92 Å². The van der Waals surface area contributed by atoms with Gasteiger partial charge < -0.3 is 20.3 Å². The van der Waals surface area contributed by atoms with Crippen LogP contribution in [-0.4, -0.2) is 45.5 Å². The van der Waals surface area contributed by atoms with E-state index in [2.05, 4.69) is 10.1 Å². The zero-order valence-electron chi connectivity index (χ0n) is 14.2. The van der Waals surface area contributed by atoms with Crippen LogP contribution in [0.5, 0.6) is 0 Å². The second-order valence-corrected chi connectivity index (χ2v) is 5.81. The molecule has 2 aromatic rings. The maximum Gasteiger partial charge on any atom is 0.308 e. The Morgan fingerprint density at radius 2 is 2.21 bits per heavy atom. The number of anilines is 1. The van der Waals surface area contributed by atoms with Crippen LogP contribution in [0.15, 0.2) is 18.5 Å². The quantitative estimate of drug-likeness (QED) is 0.810. The first-order valence-corrected chi connectivity index (χ1v) is 7.91. The van der Waals surface area contributed by atoms with Gasteiger partial charge in [-0.05, 0) is 25.0 Å². The second kappa shape index (κ2) is 8.07. The Hall–Kier alpha value is -2.19. The summed E-state index contributed by atoms with van der Waals surface area (Å²) in [5.74, 6) is 0.133. The number of aromatic nitrogens is 3. The van der Waals surface area contributed by atoms with E-state index in [1.807, 2.05) is 26.0 Å². The average molecular weight is 336 g/mol. The minimum Gasteiger partial charge on any atom is -0.463 e. The van der Waals surface area contributed by atoms with E-state index >= 15 is 0 Å². The summed E-state index contributed by atoms with van der Waals surface area (Å²) in [4.78, 5) is 15.5. The van der Waals surface area contributed by atoms with E-state index in [-0.39, 0.29) is 24.1 Å². The molecular formula is C16H24N4O4. The molecular weight excluding hydrogens is 312 g/mol. The van der Waals surface area contributed by atoms with Gasteiger partial charge in [0.25, 0.3) is 0 Å². The Kier molecular flexibility index (Phi) is 6.10. The lowest BCUT2D eigenvalue weighted by molar-refractivity contribution is -0.151. The van der Waals surface area contributed by atoms with Crippen molar-refractivity contribution in [3.8, 4) is 0 Å². The second-order valence-electron chi connectivity index (χ2n) is 5.81. The summed E-state index contributed by atoms with van der Waals surface area (Å²) in [6, 6.07) is 3.84. The molecule has 8 nitrogen and oxygen atoms in total. The molecule has 1 aliphatic rings. The maximum atomic E-state index is 11.5. The number of nitrogens with zero attached hydrogens (tertiary/aromatic N) is 3. The number of fused-ring (bicyclic) bond motifs is 1. The van der Waals surface area contributed by atoms with Gasteiger partial charge in [0.05, 0.1) is 17.7 Å². The van der Waals surface area contributed by atoms with Gasteiger partial charge in [0.15, 0.2) is 5.82 Å². The first-order chi connectivity index (χ1) is 11.6. The van der Waals surface area contributed by atoms with Gasteiger partial charge in [-0.15, -0.1) is 0 Å². The first kappa shape index (κ1) is 18.2. The van der Waals surface area contributed by atoms with Gasteiger partial charge in [0.2, 0.25) is 0 Å². The highest BCUT2D eigenvalue weighted by molar-refractivity contribution is 5.71. The van der Waals surface area contributed by atoms with E-state index in [4.69, 9.17) is 20.3 Å². The molecule has 2 aromatic heterocycles. The fourth-order valence-corrected chi connectivity index (χ4v) is 2.60. The molecule has 0 amide bonds. The largest absolute Gasteiger partial charge is 0.463 e. The van der Waals surface area contributed by atoms with Crippen LogP contribution in [-0.2, 0) is 14.3 Å². The summed E-state index contributed by atoms with van der Waals surface area (Å²) in [6.45, 7) is 3.93. The molecule has 3 heterocycles. The molecule has 2 atom stereocenters. The molecule has 0 bridgehead atoms. The number of nitrogen functional groups attached to an aromatic ring is 1. The zero-order chi connectivity index (χ0) is 17.7. The van der Waals surface area contributed by atoms with Crippen LogP contribution in [0.1, 0.15) is 38.5 Å². The molecule has 0 spiro atoms. The number of hydrogen-bond donors (Lipinski definition) is 2. The highest BCUT2D eigenvalue weighted by Gasteiger charge is 2.30. The number of rotatable bonds is 4. The lowest BCUT2D eigenvalue weighted by atomic mass is 10.1. The Labute approximate surface area is 140 Å². The third-order valence-electron chi connectivity index (χ3n) is 3.83. The summed E-state index contributed by atoms with van der Waals surface area (Å²) >= 11 is 0. The Morgan fingerprint density at radius 3 is 2.92 bits per heavy atom. The van der Waals surface area contributed by atoms with Crippen molar-refractivity contribution < 1.29 is 19.4 Å². The predicted octanol–water partition coefficient (Wildman–Crippen LogP) is 1.34. The monoisotopic (exact) mass is 336 g/mol. The first-order valence-electron chi connectivity index (χ1n) is 7.91. The molecule has 0 saturated carbocycles. The minimum atomic E-state index is -0.194. The van der Waals surface area contributed by atoms with Gasteiger partial charge in [0, 0.05) is 7.11 Å². The van der Waals surface area contributed by atoms with Crippen LogP contribution in [0.3, 0.4) is 0 Å². The molecule has 1 saturated heterocycles. The third-order valence-corrected chi connectivity index (χ3v) is 3.83. The lowest BCUT2D eigenvalue weighted by Crippen LogP contribution is -2.21. The Morgan fingerprint density at radius 1 is 1.46 bits per heavy atom. The van der Waals surface area contributed by atoms with Crippen molar-refractivity contribution in [2.45, 2.75) is 38.9 Å². The van der Waals surface area contributed by atoms with Crippen LogP contribution in [0.25, 0.3) is 5.52 Å². The fourth-order valence-electron chi connectivity index (χ4n) is 2.60. The van der Waals surface area contributed by atoms with Gasteiger partial charge in [-0.3, -0.25) is 4.79 Å². The number of esters is 1. The smallest absolute Gasteiger partial charge is 0.308 e. The highest BCUT2D eigenvalue weighted by Crippen LogP contribution is 2.33. The molecule has 0 aliphatic carbocycles. The van der Waals surface area contributed by atoms with E-state index in [0.717, 1.165) is 31.2 Å². The normalized spacial score (nSPS) is 20.0. The van der Waals surface area contributed by atoms with Crippen LogP contribution in [0.2, 0.25) is 0 Å². The van der Waals surface area contributed by atoms with E-state index < -0.39 is 0 Å².